The van der Waals surface area contributed by atoms with E-state index in [1.807, 2.05) is 23.1 Å². The van der Waals surface area contributed by atoms with E-state index < -0.39 is 0 Å². The van der Waals surface area contributed by atoms with Crippen LogP contribution in [-0.4, -0.2) is 49.7 Å². The van der Waals surface area contributed by atoms with Crippen LogP contribution in [0, 0.1) is 0 Å². The average molecular weight is 478 g/mol. The number of ether oxygens (including phenoxy) is 1. The lowest BCUT2D eigenvalue weighted by atomic mass is 9.68. The molecule has 2 aromatic carbocycles. The van der Waals surface area contributed by atoms with Gasteiger partial charge in [-0.2, -0.15) is 0 Å². The summed E-state index contributed by atoms with van der Waals surface area (Å²) in [6.45, 7) is 1.92. The molecule has 8 heteroatoms. The summed E-state index contributed by atoms with van der Waals surface area (Å²) in [7, 11) is 1.36. The van der Waals surface area contributed by atoms with E-state index in [1.165, 1.54) is 12.7 Å². The summed E-state index contributed by atoms with van der Waals surface area (Å²) in [5.74, 6) is -0.383. The Morgan fingerprint density at radius 1 is 1.16 bits per heavy atom. The second-order valence-corrected chi connectivity index (χ2v) is 8.83. The Hall–Kier alpha value is -2.28. The zero-order valence-electron chi connectivity index (χ0n) is 18.1. The van der Waals surface area contributed by atoms with E-state index in [4.69, 9.17) is 22.1 Å². The molecular formula is C24H29Cl2N3O3. The van der Waals surface area contributed by atoms with Gasteiger partial charge in [-0.05, 0) is 67.6 Å². The highest BCUT2D eigenvalue weighted by Crippen LogP contribution is 2.41. The maximum Gasteiger partial charge on any atom is 0.337 e. The fourth-order valence-corrected chi connectivity index (χ4v) is 5.11. The first-order valence-electron chi connectivity index (χ1n) is 10.7. The van der Waals surface area contributed by atoms with Crippen LogP contribution in [-0.2, 0) is 10.2 Å². The largest absolute Gasteiger partial charge is 0.465 e. The highest BCUT2D eigenvalue weighted by Gasteiger charge is 2.41. The standard InChI is InChI=1S/C24H28ClN3O3.ClH/c1-31-22(29)17-5-7-20(8-6-17)27-13-14-28(23(27)30)21-9-11-24(16-26,12-10-21)18-3-2-4-19(25)15-18;/h2-8,15,21H,9-14,16,26H2,1H3;1H/t21-,24+;. The summed E-state index contributed by atoms with van der Waals surface area (Å²) < 4.78 is 4.74. The Morgan fingerprint density at radius 2 is 1.84 bits per heavy atom. The predicted octanol–water partition coefficient (Wildman–Crippen LogP) is 4.63. The van der Waals surface area contributed by atoms with Crippen molar-refractivity contribution in [1.29, 1.82) is 0 Å². The number of hydrogen-bond donors (Lipinski definition) is 1. The van der Waals surface area contributed by atoms with Gasteiger partial charge in [-0.15, -0.1) is 12.4 Å². The van der Waals surface area contributed by atoms with Gasteiger partial charge in [0.25, 0.3) is 0 Å². The molecule has 1 aliphatic heterocycles. The first-order valence-corrected chi connectivity index (χ1v) is 11.1. The molecule has 2 amide bonds. The fourth-order valence-electron chi connectivity index (χ4n) is 4.92. The number of carbonyl (C=O) groups is 2. The topological polar surface area (TPSA) is 75.9 Å². The summed E-state index contributed by atoms with van der Waals surface area (Å²) in [6.07, 6.45) is 3.72. The van der Waals surface area contributed by atoms with Crippen LogP contribution in [0.15, 0.2) is 48.5 Å². The summed E-state index contributed by atoms with van der Waals surface area (Å²) in [5.41, 5.74) is 8.61. The summed E-state index contributed by atoms with van der Waals surface area (Å²) in [6, 6.07) is 15.2. The molecule has 1 saturated carbocycles. The van der Waals surface area contributed by atoms with Gasteiger partial charge < -0.3 is 15.4 Å². The monoisotopic (exact) mass is 477 g/mol. The van der Waals surface area contributed by atoms with Gasteiger partial charge >= 0.3 is 12.0 Å². The van der Waals surface area contributed by atoms with Gasteiger partial charge in [0.2, 0.25) is 0 Å². The Kier molecular flexibility index (Phi) is 7.70. The lowest BCUT2D eigenvalue weighted by Crippen LogP contribution is -2.46. The molecule has 0 spiro atoms. The van der Waals surface area contributed by atoms with Crippen LogP contribution in [0.3, 0.4) is 0 Å². The Balaban J connectivity index is 0.00000289. The Bertz CT molecular complexity index is 959. The molecule has 4 rings (SSSR count). The van der Waals surface area contributed by atoms with E-state index in [9.17, 15) is 9.59 Å². The smallest absolute Gasteiger partial charge is 0.337 e. The van der Waals surface area contributed by atoms with Gasteiger partial charge in [-0.25, -0.2) is 9.59 Å². The molecule has 0 aromatic heterocycles. The number of methoxy groups -OCH3 is 1. The number of esters is 1. The second kappa shape index (κ2) is 10.1. The minimum absolute atomic E-state index is 0. The molecule has 172 valence electrons. The number of urea groups is 1. The first kappa shape index (κ1) is 24.4. The molecule has 0 radical (unpaired) electrons. The zero-order chi connectivity index (χ0) is 22.0. The SMILES string of the molecule is COC(=O)c1ccc(N2CCN([C@H]3CC[C@@](CN)(c4cccc(Cl)c4)CC3)C2=O)cc1.Cl. The van der Waals surface area contributed by atoms with Crippen molar-refractivity contribution in [3.8, 4) is 0 Å². The number of carbonyl (C=O) groups excluding carboxylic acids is 2. The molecule has 2 aromatic rings. The predicted molar refractivity (Wildman–Crippen MR) is 129 cm³/mol. The molecule has 1 heterocycles. The van der Waals surface area contributed by atoms with E-state index in [1.54, 1.807) is 29.2 Å². The molecule has 0 atom stereocenters. The Morgan fingerprint density at radius 3 is 2.44 bits per heavy atom. The summed E-state index contributed by atoms with van der Waals surface area (Å²) in [5, 5.41) is 0.732. The molecule has 32 heavy (non-hydrogen) atoms. The quantitative estimate of drug-likeness (QED) is 0.636. The second-order valence-electron chi connectivity index (χ2n) is 8.39. The van der Waals surface area contributed by atoms with E-state index in [-0.39, 0.29) is 35.9 Å². The van der Waals surface area contributed by atoms with Crippen molar-refractivity contribution in [2.45, 2.75) is 37.1 Å². The highest BCUT2D eigenvalue weighted by atomic mass is 35.5. The number of nitrogens with zero attached hydrogens (tertiary/aromatic N) is 2. The molecule has 0 unspecified atom stereocenters. The molecule has 2 fully saturated rings. The number of nitrogens with two attached hydrogens (primary N) is 1. The van der Waals surface area contributed by atoms with E-state index in [2.05, 4.69) is 6.07 Å². The van der Waals surface area contributed by atoms with Crippen LogP contribution in [0.25, 0.3) is 0 Å². The lowest BCUT2D eigenvalue weighted by Gasteiger charge is -2.42. The van der Waals surface area contributed by atoms with Gasteiger partial charge in [0, 0.05) is 41.8 Å². The molecule has 1 saturated heterocycles. The molecule has 1 aliphatic carbocycles. The molecular weight excluding hydrogens is 449 g/mol. The van der Waals surface area contributed by atoms with E-state index >= 15 is 0 Å². The maximum atomic E-state index is 13.1. The van der Waals surface area contributed by atoms with Crippen molar-refractivity contribution < 1.29 is 14.3 Å². The van der Waals surface area contributed by atoms with Crippen molar-refractivity contribution >= 4 is 41.7 Å². The van der Waals surface area contributed by atoms with Crippen molar-refractivity contribution in [2.24, 2.45) is 5.73 Å². The number of amides is 2. The van der Waals surface area contributed by atoms with E-state index in [0.29, 0.717) is 25.2 Å². The van der Waals surface area contributed by atoms with E-state index in [0.717, 1.165) is 36.4 Å². The minimum Gasteiger partial charge on any atom is -0.465 e. The minimum atomic E-state index is -0.383. The summed E-state index contributed by atoms with van der Waals surface area (Å²) >= 11 is 6.22. The molecule has 2 N–H and O–H groups in total. The first-order chi connectivity index (χ1) is 15.0. The number of rotatable bonds is 5. The molecule has 2 aliphatic rings. The van der Waals surface area contributed by atoms with Gasteiger partial charge in [0.05, 0.1) is 12.7 Å². The van der Waals surface area contributed by atoms with Crippen LogP contribution in [0.1, 0.15) is 41.6 Å². The van der Waals surface area contributed by atoms with Crippen molar-refractivity contribution in [3.05, 3.63) is 64.7 Å². The summed E-state index contributed by atoms with van der Waals surface area (Å²) in [4.78, 5) is 28.6. The van der Waals surface area contributed by atoms with Crippen molar-refractivity contribution in [2.75, 3.05) is 31.6 Å². The van der Waals surface area contributed by atoms with Crippen molar-refractivity contribution in [3.63, 3.8) is 0 Å². The van der Waals surface area contributed by atoms with Gasteiger partial charge in [0.1, 0.15) is 0 Å². The average Bonchev–Trinajstić information content (AvgIpc) is 3.20. The number of anilines is 1. The Labute approximate surface area is 200 Å². The number of halogens is 2. The van der Waals surface area contributed by atoms with Gasteiger partial charge in [-0.1, -0.05) is 23.7 Å². The number of hydrogen-bond acceptors (Lipinski definition) is 4. The number of benzene rings is 2. The van der Waals surface area contributed by atoms with Crippen molar-refractivity contribution in [1.82, 2.24) is 4.90 Å². The van der Waals surface area contributed by atoms with Crippen LogP contribution in [0.4, 0.5) is 10.5 Å². The van der Waals surface area contributed by atoms with Crippen LogP contribution in [0.5, 0.6) is 0 Å². The van der Waals surface area contributed by atoms with Crippen LogP contribution >= 0.6 is 24.0 Å². The third kappa shape index (κ3) is 4.58. The molecule has 0 bridgehead atoms. The third-order valence-corrected chi connectivity index (χ3v) is 7.06. The lowest BCUT2D eigenvalue weighted by molar-refractivity contribution is 0.0600. The van der Waals surface area contributed by atoms with Gasteiger partial charge in [0.15, 0.2) is 0 Å². The van der Waals surface area contributed by atoms with Crippen LogP contribution in [0.2, 0.25) is 5.02 Å². The normalized spacial score (nSPS) is 23.1. The maximum absolute atomic E-state index is 13.1. The zero-order valence-corrected chi connectivity index (χ0v) is 19.7. The third-order valence-electron chi connectivity index (χ3n) is 6.82. The fraction of sp³-hybridized carbons (Fsp3) is 0.417. The van der Waals surface area contributed by atoms with Gasteiger partial charge in [-0.3, -0.25) is 4.90 Å². The van der Waals surface area contributed by atoms with Crippen LogP contribution < -0.4 is 10.6 Å². The molecule has 6 nitrogen and oxygen atoms in total. The highest BCUT2D eigenvalue weighted by molar-refractivity contribution is 6.30.